The molecule has 1 aliphatic rings. The topological polar surface area (TPSA) is 30.7 Å². The van der Waals surface area contributed by atoms with Crippen LogP contribution in [-0.2, 0) is 0 Å². The van der Waals surface area contributed by atoms with Gasteiger partial charge in [-0.15, -0.1) is 0 Å². The van der Waals surface area contributed by atoms with Crippen LogP contribution in [0.2, 0.25) is 0 Å². The molecule has 0 radical (unpaired) electrons. The Labute approximate surface area is 115 Å². The highest BCUT2D eigenvalue weighted by molar-refractivity contribution is 5.79. The van der Waals surface area contributed by atoms with Crippen molar-refractivity contribution in [3.63, 3.8) is 0 Å². The number of ether oxygens (including phenoxy) is 1. The molecule has 1 N–H and O–H groups in total. The van der Waals surface area contributed by atoms with Crippen molar-refractivity contribution in [3.05, 3.63) is 29.8 Å². The minimum absolute atomic E-state index is 0.637. The average Bonchev–Trinajstić information content (AvgIpc) is 2.38. The lowest BCUT2D eigenvalue weighted by Crippen LogP contribution is -3.14. The van der Waals surface area contributed by atoms with E-state index in [1.807, 2.05) is 18.2 Å². The summed E-state index contributed by atoms with van der Waals surface area (Å²) >= 11 is 0. The summed E-state index contributed by atoms with van der Waals surface area (Å²) in [5.41, 5.74) is 0.637. The van der Waals surface area contributed by atoms with E-state index in [1.165, 1.54) is 19.5 Å². The summed E-state index contributed by atoms with van der Waals surface area (Å²) in [5.74, 6) is 2.32. The van der Waals surface area contributed by atoms with Crippen LogP contribution >= 0.6 is 0 Å². The Morgan fingerprint density at radius 2 is 1.95 bits per heavy atom. The van der Waals surface area contributed by atoms with Gasteiger partial charge in [-0.05, 0) is 18.6 Å². The molecule has 0 bridgehead atoms. The van der Waals surface area contributed by atoms with Gasteiger partial charge in [0.05, 0.1) is 18.7 Å². The van der Waals surface area contributed by atoms with E-state index >= 15 is 0 Å². The zero-order valence-electron chi connectivity index (χ0n) is 11.9. The maximum absolute atomic E-state index is 10.9. The van der Waals surface area contributed by atoms with E-state index in [-0.39, 0.29) is 0 Å². The third-order valence-electron chi connectivity index (χ3n) is 3.84. The number of benzene rings is 1. The largest absolute Gasteiger partial charge is 0.487 e. The molecule has 3 heteroatoms. The van der Waals surface area contributed by atoms with Gasteiger partial charge in [-0.3, -0.25) is 4.79 Å². The molecule has 0 unspecified atom stereocenters. The van der Waals surface area contributed by atoms with Crippen LogP contribution in [0.25, 0.3) is 0 Å². The van der Waals surface area contributed by atoms with E-state index in [1.54, 1.807) is 11.0 Å². The molecule has 1 fully saturated rings. The fourth-order valence-corrected chi connectivity index (χ4v) is 3.14. The van der Waals surface area contributed by atoms with Crippen LogP contribution in [0.3, 0.4) is 0 Å². The van der Waals surface area contributed by atoms with Gasteiger partial charge in [-0.25, -0.2) is 0 Å². The molecule has 1 aliphatic heterocycles. The van der Waals surface area contributed by atoms with Gasteiger partial charge in [0.25, 0.3) is 0 Å². The van der Waals surface area contributed by atoms with Gasteiger partial charge in [0.2, 0.25) is 0 Å². The molecule has 0 aromatic heterocycles. The predicted molar refractivity (Wildman–Crippen MR) is 75.8 cm³/mol. The van der Waals surface area contributed by atoms with Crippen molar-refractivity contribution in [1.82, 2.24) is 0 Å². The molecule has 1 saturated heterocycles. The minimum Gasteiger partial charge on any atom is -0.487 e. The highest BCUT2D eigenvalue weighted by Gasteiger charge is 2.24. The van der Waals surface area contributed by atoms with E-state index in [2.05, 4.69) is 13.8 Å². The summed E-state index contributed by atoms with van der Waals surface area (Å²) in [6.07, 6.45) is 2.20. The first-order valence-corrected chi connectivity index (χ1v) is 7.19. The smallest absolute Gasteiger partial charge is 0.153 e. The lowest BCUT2D eigenvalue weighted by atomic mass is 9.92. The molecule has 1 aromatic carbocycles. The lowest BCUT2D eigenvalue weighted by Gasteiger charge is -2.31. The molecule has 0 aliphatic carbocycles. The first-order valence-electron chi connectivity index (χ1n) is 7.19. The second kappa shape index (κ2) is 6.71. The Morgan fingerprint density at radius 3 is 2.63 bits per heavy atom. The number of para-hydroxylation sites is 1. The highest BCUT2D eigenvalue weighted by atomic mass is 16.5. The summed E-state index contributed by atoms with van der Waals surface area (Å²) < 4.78 is 5.75. The van der Waals surface area contributed by atoms with Gasteiger partial charge in [0.15, 0.2) is 6.29 Å². The summed E-state index contributed by atoms with van der Waals surface area (Å²) in [6, 6.07) is 7.41. The quantitative estimate of drug-likeness (QED) is 0.814. The van der Waals surface area contributed by atoms with Gasteiger partial charge >= 0.3 is 0 Å². The zero-order valence-corrected chi connectivity index (χ0v) is 11.9. The second-order valence-corrected chi connectivity index (χ2v) is 5.86. The number of nitrogens with one attached hydrogen (secondary N) is 1. The molecule has 1 aromatic rings. The number of piperidine rings is 1. The van der Waals surface area contributed by atoms with Crippen molar-refractivity contribution in [2.45, 2.75) is 20.3 Å². The normalized spacial score (nSPS) is 26.9. The zero-order chi connectivity index (χ0) is 13.7. The first-order chi connectivity index (χ1) is 9.19. The number of likely N-dealkylation sites (tertiary alicyclic amines) is 1. The van der Waals surface area contributed by atoms with E-state index in [9.17, 15) is 4.79 Å². The van der Waals surface area contributed by atoms with Crippen molar-refractivity contribution in [3.8, 4) is 5.75 Å². The molecular weight excluding hydrogens is 238 g/mol. The SMILES string of the molecule is C[C@@H]1C[C@@H](C)C[NH+](CCOc2ccccc2C=O)C1. The van der Waals surface area contributed by atoms with Crippen LogP contribution in [0.1, 0.15) is 30.6 Å². The van der Waals surface area contributed by atoms with Crippen LogP contribution in [0, 0.1) is 11.8 Å². The third kappa shape index (κ3) is 4.06. The van der Waals surface area contributed by atoms with Crippen molar-refractivity contribution in [2.24, 2.45) is 11.8 Å². The Bertz CT molecular complexity index is 409. The Balaban J connectivity index is 1.81. The third-order valence-corrected chi connectivity index (χ3v) is 3.84. The molecule has 3 nitrogen and oxygen atoms in total. The van der Waals surface area contributed by atoms with Gasteiger partial charge in [-0.2, -0.15) is 0 Å². The Morgan fingerprint density at radius 1 is 1.26 bits per heavy atom. The molecule has 0 saturated carbocycles. The number of carbonyl (C=O) groups is 1. The van der Waals surface area contributed by atoms with Crippen molar-refractivity contribution in [2.75, 3.05) is 26.2 Å². The van der Waals surface area contributed by atoms with Gasteiger partial charge in [-0.1, -0.05) is 26.0 Å². The first kappa shape index (κ1) is 14.1. The van der Waals surface area contributed by atoms with E-state index in [4.69, 9.17) is 4.74 Å². The number of quaternary nitrogens is 1. The molecule has 104 valence electrons. The van der Waals surface area contributed by atoms with Gasteiger partial charge in [0.1, 0.15) is 18.9 Å². The molecule has 2 atom stereocenters. The van der Waals surface area contributed by atoms with E-state index < -0.39 is 0 Å². The molecule has 0 amide bonds. The summed E-state index contributed by atoms with van der Waals surface area (Å²) in [7, 11) is 0. The molecular formula is C16H24NO2+. The fourth-order valence-electron chi connectivity index (χ4n) is 3.14. The second-order valence-electron chi connectivity index (χ2n) is 5.86. The average molecular weight is 262 g/mol. The standard InChI is InChI=1S/C16H23NO2/c1-13-9-14(2)11-17(10-13)7-8-19-16-6-4-3-5-15(16)12-18/h3-6,12-14H,7-11H2,1-2H3/p+1/t13-,14-/m1/s1. The Kier molecular flexibility index (Phi) is 4.97. The fraction of sp³-hybridized carbons (Fsp3) is 0.562. The number of hydrogen-bond acceptors (Lipinski definition) is 2. The van der Waals surface area contributed by atoms with Crippen LogP contribution in [0.5, 0.6) is 5.75 Å². The monoisotopic (exact) mass is 262 g/mol. The van der Waals surface area contributed by atoms with Crippen LogP contribution < -0.4 is 9.64 Å². The number of hydrogen-bond donors (Lipinski definition) is 1. The van der Waals surface area contributed by atoms with Crippen LogP contribution in [-0.4, -0.2) is 32.5 Å². The summed E-state index contributed by atoms with van der Waals surface area (Å²) in [5, 5.41) is 0. The lowest BCUT2D eigenvalue weighted by molar-refractivity contribution is -0.912. The number of rotatable bonds is 5. The molecule has 1 heterocycles. The van der Waals surface area contributed by atoms with E-state index in [0.717, 1.165) is 24.7 Å². The maximum Gasteiger partial charge on any atom is 0.153 e. The number of aldehydes is 1. The van der Waals surface area contributed by atoms with Gasteiger partial charge < -0.3 is 9.64 Å². The van der Waals surface area contributed by atoms with Crippen molar-refractivity contribution < 1.29 is 14.4 Å². The van der Waals surface area contributed by atoms with Crippen molar-refractivity contribution >= 4 is 6.29 Å². The molecule has 2 rings (SSSR count). The van der Waals surface area contributed by atoms with Gasteiger partial charge in [0, 0.05) is 11.8 Å². The van der Waals surface area contributed by atoms with Crippen LogP contribution in [0.4, 0.5) is 0 Å². The Hall–Kier alpha value is -1.35. The predicted octanol–water partition coefficient (Wildman–Crippen LogP) is 1.44. The summed E-state index contributed by atoms with van der Waals surface area (Å²) in [6.45, 7) is 8.84. The molecule has 19 heavy (non-hydrogen) atoms. The minimum atomic E-state index is 0.637. The van der Waals surface area contributed by atoms with E-state index in [0.29, 0.717) is 17.9 Å². The maximum atomic E-state index is 10.9. The number of carbonyl (C=O) groups excluding carboxylic acids is 1. The van der Waals surface area contributed by atoms with Crippen molar-refractivity contribution in [1.29, 1.82) is 0 Å². The summed E-state index contributed by atoms with van der Waals surface area (Å²) in [4.78, 5) is 12.5. The molecule has 0 spiro atoms. The highest BCUT2D eigenvalue weighted by Crippen LogP contribution is 2.15. The van der Waals surface area contributed by atoms with Crippen LogP contribution in [0.15, 0.2) is 24.3 Å².